The van der Waals surface area contributed by atoms with Gasteiger partial charge in [0.15, 0.2) is 0 Å². The zero-order chi connectivity index (χ0) is 9.99. The second kappa shape index (κ2) is 3.61. The number of hydrogen-bond donors (Lipinski definition) is 1. The molecule has 0 fully saturated rings. The molecule has 0 aromatic rings. The van der Waals surface area contributed by atoms with Gasteiger partial charge < -0.3 is 0 Å². The van der Waals surface area contributed by atoms with Gasteiger partial charge in [-0.3, -0.25) is 4.55 Å². The van der Waals surface area contributed by atoms with E-state index in [9.17, 15) is 21.6 Å². The highest BCUT2D eigenvalue weighted by Gasteiger charge is 2.36. The highest BCUT2D eigenvalue weighted by atomic mass is 32.2. The zero-order valence-corrected chi connectivity index (χ0v) is 7.11. The third kappa shape index (κ3) is 5.36. The molecular weight excluding hydrogens is 197 g/mol. The average molecular weight is 206 g/mol. The summed E-state index contributed by atoms with van der Waals surface area (Å²) in [7, 11) is -4.28. The fourth-order valence-electron chi connectivity index (χ4n) is 0.489. The SMILES string of the molecule is CC(CCS(=O)(=O)O)C(F)(F)F. The molecule has 0 aliphatic carbocycles. The summed E-state index contributed by atoms with van der Waals surface area (Å²) in [5.74, 6) is -2.56. The topological polar surface area (TPSA) is 54.4 Å². The summed E-state index contributed by atoms with van der Waals surface area (Å²) in [5.41, 5.74) is 0. The second-order valence-corrected chi connectivity index (χ2v) is 4.09. The largest absolute Gasteiger partial charge is 0.391 e. The van der Waals surface area contributed by atoms with Crippen molar-refractivity contribution in [2.75, 3.05) is 5.75 Å². The van der Waals surface area contributed by atoms with Crippen molar-refractivity contribution >= 4 is 10.1 Å². The minimum atomic E-state index is -4.40. The van der Waals surface area contributed by atoms with Crippen molar-refractivity contribution in [3.05, 3.63) is 0 Å². The lowest BCUT2D eigenvalue weighted by Gasteiger charge is -2.13. The fraction of sp³-hybridized carbons (Fsp3) is 1.00. The number of alkyl halides is 3. The van der Waals surface area contributed by atoms with Gasteiger partial charge in [0.25, 0.3) is 10.1 Å². The molecule has 74 valence electrons. The van der Waals surface area contributed by atoms with Gasteiger partial charge in [0.1, 0.15) is 0 Å². The first-order valence-corrected chi connectivity index (χ1v) is 4.75. The third-order valence-corrected chi connectivity index (χ3v) is 2.12. The molecule has 0 aliphatic rings. The van der Waals surface area contributed by atoms with Crippen LogP contribution in [-0.4, -0.2) is 24.9 Å². The third-order valence-electron chi connectivity index (χ3n) is 1.37. The van der Waals surface area contributed by atoms with Crippen LogP contribution < -0.4 is 0 Å². The van der Waals surface area contributed by atoms with Crippen LogP contribution >= 0.6 is 0 Å². The van der Waals surface area contributed by atoms with E-state index in [1.165, 1.54) is 0 Å². The molecule has 1 atom stereocenters. The predicted octanol–water partition coefficient (Wildman–Crippen LogP) is 1.46. The molecule has 1 unspecified atom stereocenters. The van der Waals surface area contributed by atoms with Gasteiger partial charge in [-0.1, -0.05) is 6.92 Å². The van der Waals surface area contributed by atoms with Crippen LogP contribution in [0, 0.1) is 5.92 Å². The Bertz CT molecular complexity index is 231. The maximum absolute atomic E-state index is 11.7. The van der Waals surface area contributed by atoms with Gasteiger partial charge in [0.2, 0.25) is 0 Å². The minimum Gasteiger partial charge on any atom is -0.286 e. The van der Waals surface area contributed by atoms with Gasteiger partial charge in [0, 0.05) is 0 Å². The van der Waals surface area contributed by atoms with Crippen LogP contribution in [0.4, 0.5) is 13.2 Å². The monoisotopic (exact) mass is 206 g/mol. The molecule has 3 nitrogen and oxygen atoms in total. The van der Waals surface area contributed by atoms with Crippen LogP contribution in [0.25, 0.3) is 0 Å². The molecular formula is C5H9F3O3S. The van der Waals surface area contributed by atoms with Crippen LogP contribution in [0.2, 0.25) is 0 Å². The summed E-state index contributed by atoms with van der Waals surface area (Å²) in [5, 5.41) is 0. The van der Waals surface area contributed by atoms with Crippen molar-refractivity contribution < 1.29 is 26.1 Å². The van der Waals surface area contributed by atoms with E-state index in [0.717, 1.165) is 6.92 Å². The van der Waals surface area contributed by atoms with Gasteiger partial charge in [0.05, 0.1) is 11.7 Å². The average Bonchev–Trinajstić information content (AvgIpc) is 1.78. The highest BCUT2D eigenvalue weighted by molar-refractivity contribution is 7.85. The van der Waals surface area contributed by atoms with Crippen LogP contribution in [0.1, 0.15) is 13.3 Å². The standard InChI is InChI=1S/C5H9F3O3S/c1-4(5(6,7)8)2-3-12(9,10)11/h4H,2-3H2,1H3,(H,9,10,11). The lowest BCUT2D eigenvalue weighted by atomic mass is 10.1. The Kier molecular flexibility index (Phi) is 3.52. The molecule has 0 aromatic carbocycles. The Balaban J connectivity index is 3.97. The molecule has 0 aliphatic heterocycles. The Morgan fingerprint density at radius 3 is 2.08 bits per heavy atom. The quantitative estimate of drug-likeness (QED) is 0.711. The molecule has 12 heavy (non-hydrogen) atoms. The summed E-state index contributed by atoms with van der Waals surface area (Å²) in [6, 6.07) is 0. The summed E-state index contributed by atoms with van der Waals surface area (Å²) < 4.78 is 63.5. The number of halogens is 3. The van der Waals surface area contributed by atoms with Crippen molar-refractivity contribution in [2.45, 2.75) is 19.5 Å². The Morgan fingerprint density at radius 2 is 1.83 bits per heavy atom. The van der Waals surface area contributed by atoms with E-state index >= 15 is 0 Å². The molecule has 0 aromatic heterocycles. The van der Waals surface area contributed by atoms with Gasteiger partial charge >= 0.3 is 6.18 Å². The molecule has 7 heteroatoms. The highest BCUT2D eigenvalue weighted by Crippen LogP contribution is 2.28. The van der Waals surface area contributed by atoms with E-state index in [4.69, 9.17) is 4.55 Å². The molecule has 0 rings (SSSR count). The lowest BCUT2D eigenvalue weighted by molar-refractivity contribution is -0.169. The van der Waals surface area contributed by atoms with Crippen molar-refractivity contribution in [3.63, 3.8) is 0 Å². The van der Waals surface area contributed by atoms with E-state index in [0.29, 0.717) is 0 Å². The van der Waals surface area contributed by atoms with E-state index in [1.807, 2.05) is 0 Å². The normalized spacial score (nSPS) is 16.1. The van der Waals surface area contributed by atoms with Crippen molar-refractivity contribution in [1.29, 1.82) is 0 Å². The van der Waals surface area contributed by atoms with Crippen LogP contribution in [0.3, 0.4) is 0 Å². The van der Waals surface area contributed by atoms with Crippen molar-refractivity contribution in [2.24, 2.45) is 5.92 Å². The van der Waals surface area contributed by atoms with Crippen molar-refractivity contribution in [3.8, 4) is 0 Å². The number of rotatable bonds is 3. The van der Waals surface area contributed by atoms with Crippen molar-refractivity contribution in [1.82, 2.24) is 0 Å². The van der Waals surface area contributed by atoms with E-state index in [-0.39, 0.29) is 0 Å². The Morgan fingerprint density at radius 1 is 1.42 bits per heavy atom. The van der Waals surface area contributed by atoms with Crippen LogP contribution in [-0.2, 0) is 10.1 Å². The van der Waals surface area contributed by atoms with E-state index in [1.54, 1.807) is 0 Å². The Labute approximate surface area is 68.3 Å². The molecule has 0 radical (unpaired) electrons. The summed E-state index contributed by atoms with van der Waals surface area (Å²) >= 11 is 0. The summed E-state index contributed by atoms with van der Waals surface area (Å²) in [6.45, 7) is 0.866. The summed E-state index contributed by atoms with van der Waals surface area (Å²) in [4.78, 5) is 0. The lowest BCUT2D eigenvalue weighted by Crippen LogP contribution is -2.22. The second-order valence-electron chi connectivity index (χ2n) is 2.52. The molecule has 0 saturated heterocycles. The van der Waals surface area contributed by atoms with Gasteiger partial charge in [-0.05, 0) is 6.42 Å². The fourth-order valence-corrected chi connectivity index (χ4v) is 1.14. The molecule has 0 spiro atoms. The minimum absolute atomic E-state index is 0.609. The molecule has 0 heterocycles. The van der Waals surface area contributed by atoms with E-state index in [2.05, 4.69) is 0 Å². The number of hydrogen-bond acceptors (Lipinski definition) is 2. The molecule has 0 saturated carbocycles. The first-order chi connectivity index (χ1) is 5.13. The smallest absolute Gasteiger partial charge is 0.286 e. The Hall–Kier alpha value is -0.300. The van der Waals surface area contributed by atoms with Gasteiger partial charge in [-0.25, -0.2) is 0 Å². The molecule has 0 bridgehead atoms. The van der Waals surface area contributed by atoms with Crippen LogP contribution in [0.5, 0.6) is 0 Å². The van der Waals surface area contributed by atoms with Gasteiger partial charge in [-0.15, -0.1) is 0 Å². The van der Waals surface area contributed by atoms with E-state index < -0.39 is 34.4 Å². The molecule has 1 N–H and O–H groups in total. The first-order valence-electron chi connectivity index (χ1n) is 3.15. The summed E-state index contributed by atoms with van der Waals surface area (Å²) in [6.07, 6.45) is -5.01. The van der Waals surface area contributed by atoms with Crippen LogP contribution in [0.15, 0.2) is 0 Å². The maximum Gasteiger partial charge on any atom is 0.391 e. The predicted molar refractivity (Wildman–Crippen MR) is 36.3 cm³/mol. The molecule has 0 amide bonds. The maximum atomic E-state index is 11.7. The van der Waals surface area contributed by atoms with Gasteiger partial charge in [-0.2, -0.15) is 21.6 Å². The zero-order valence-electron chi connectivity index (χ0n) is 6.30. The first kappa shape index (κ1) is 11.7.